The molecule has 3 aromatic carbocycles. The Hall–Kier alpha value is -4.13. The Kier molecular flexibility index (Phi) is 7.97. The van der Waals surface area contributed by atoms with Gasteiger partial charge in [0, 0.05) is 17.8 Å². The summed E-state index contributed by atoms with van der Waals surface area (Å²) in [5.74, 6) is -0.146. The first-order chi connectivity index (χ1) is 15.5. The van der Waals surface area contributed by atoms with Gasteiger partial charge in [-0.3, -0.25) is 9.59 Å². The van der Waals surface area contributed by atoms with Crippen LogP contribution in [0.4, 0.5) is 10.5 Å². The Morgan fingerprint density at radius 3 is 2.25 bits per heavy atom. The highest BCUT2D eigenvalue weighted by Gasteiger charge is 2.11. The minimum atomic E-state index is -0.798. The minimum absolute atomic E-state index is 0.102. The van der Waals surface area contributed by atoms with Crippen molar-refractivity contribution in [2.24, 2.45) is 0 Å². The lowest BCUT2D eigenvalue weighted by atomic mass is 10.1. The van der Waals surface area contributed by atoms with Gasteiger partial charge in [-0.2, -0.15) is 0 Å². The average Bonchev–Trinajstić information content (AvgIpc) is 2.80. The molecule has 3 rings (SSSR count). The number of rotatable bonds is 8. The average molecular weight is 432 g/mol. The molecular weight excluding hydrogens is 408 g/mol. The maximum Gasteiger partial charge on any atom is 0.513 e. The van der Waals surface area contributed by atoms with Crippen molar-refractivity contribution in [3.63, 3.8) is 0 Å². The van der Waals surface area contributed by atoms with E-state index < -0.39 is 6.16 Å². The van der Waals surface area contributed by atoms with Crippen LogP contribution in [0.3, 0.4) is 0 Å². The van der Waals surface area contributed by atoms with Crippen molar-refractivity contribution in [3.8, 4) is 5.75 Å². The minimum Gasteiger partial charge on any atom is -0.434 e. The van der Waals surface area contributed by atoms with Gasteiger partial charge < -0.3 is 20.1 Å². The van der Waals surface area contributed by atoms with Crippen LogP contribution < -0.4 is 15.4 Å². The van der Waals surface area contributed by atoms with Gasteiger partial charge in [0.1, 0.15) is 5.75 Å². The number of ether oxygens (including phenoxy) is 2. The number of carbonyl (C=O) groups excluding carboxylic acids is 3. The zero-order valence-electron chi connectivity index (χ0n) is 17.7. The molecule has 0 radical (unpaired) electrons. The van der Waals surface area contributed by atoms with Gasteiger partial charge in [-0.15, -0.1) is 0 Å². The largest absolute Gasteiger partial charge is 0.513 e. The lowest BCUT2D eigenvalue weighted by Crippen LogP contribution is -2.25. The van der Waals surface area contributed by atoms with Crippen molar-refractivity contribution in [3.05, 3.63) is 95.6 Å². The van der Waals surface area contributed by atoms with Gasteiger partial charge in [-0.05, 0) is 48.4 Å². The Labute approximate surface area is 186 Å². The third kappa shape index (κ3) is 6.70. The van der Waals surface area contributed by atoms with Crippen LogP contribution >= 0.6 is 0 Å². The summed E-state index contributed by atoms with van der Waals surface area (Å²) in [5.41, 5.74) is 2.71. The molecule has 164 valence electrons. The summed E-state index contributed by atoms with van der Waals surface area (Å²) < 4.78 is 9.71. The van der Waals surface area contributed by atoms with E-state index in [4.69, 9.17) is 9.47 Å². The summed E-state index contributed by atoms with van der Waals surface area (Å²) in [5, 5.41) is 5.74. The van der Waals surface area contributed by atoms with Gasteiger partial charge in [-0.25, -0.2) is 4.79 Å². The van der Waals surface area contributed by atoms with Gasteiger partial charge in [0.2, 0.25) is 5.91 Å². The second-order valence-electron chi connectivity index (χ2n) is 6.86. The predicted molar refractivity (Wildman–Crippen MR) is 120 cm³/mol. The third-order valence-corrected chi connectivity index (χ3v) is 4.53. The molecule has 0 atom stereocenters. The van der Waals surface area contributed by atoms with Crippen molar-refractivity contribution >= 4 is 23.7 Å². The van der Waals surface area contributed by atoms with Crippen LogP contribution in [0.5, 0.6) is 5.75 Å². The molecule has 0 saturated heterocycles. The Balaban J connectivity index is 1.58. The number of hydrogen-bond acceptors (Lipinski definition) is 5. The normalized spacial score (nSPS) is 10.2. The molecule has 2 N–H and O–H groups in total. The quantitative estimate of drug-likeness (QED) is 0.408. The second-order valence-corrected chi connectivity index (χ2v) is 6.86. The number of para-hydroxylation sites is 1. The molecule has 7 heteroatoms. The second kappa shape index (κ2) is 11.3. The molecule has 0 aliphatic rings. The van der Waals surface area contributed by atoms with E-state index in [-0.39, 0.29) is 37.1 Å². The first kappa shape index (κ1) is 22.6. The fraction of sp³-hybridized carbons (Fsp3) is 0.160. The molecule has 32 heavy (non-hydrogen) atoms. The van der Waals surface area contributed by atoms with Crippen LogP contribution in [0.15, 0.2) is 78.9 Å². The van der Waals surface area contributed by atoms with Crippen molar-refractivity contribution in [1.82, 2.24) is 5.32 Å². The number of hydrogen-bond donors (Lipinski definition) is 2. The van der Waals surface area contributed by atoms with E-state index in [1.54, 1.807) is 31.2 Å². The number of carbonyl (C=O) groups is 3. The summed E-state index contributed by atoms with van der Waals surface area (Å²) in [6, 6.07) is 22.9. The van der Waals surface area contributed by atoms with Gasteiger partial charge in [0.05, 0.1) is 13.0 Å². The molecule has 0 unspecified atom stereocenters. The predicted octanol–water partition coefficient (Wildman–Crippen LogP) is 4.33. The molecule has 2 amide bonds. The molecule has 0 fully saturated rings. The Morgan fingerprint density at radius 1 is 0.844 bits per heavy atom. The molecule has 0 aliphatic heterocycles. The van der Waals surface area contributed by atoms with Crippen LogP contribution in [0.25, 0.3) is 0 Å². The highest BCUT2D eigenvalue weighted by Crippen LogP contribution is 2.18. The van der Waals surface area contributed by atoms with E-state index in [0.717, 1.165) is 11.1 Å². The number of nitrogens with one attached hydrogen (secondary N) is 2. The SMILES string of the molecule is CCOC(=O)Oc1ccc(C(=O)Nc2ccccc2CNC(=O)Cc2ccccc2)cc1. The molecule has 0 aliphatic carbocycles. The highest BCUT2D eigenvalue weighted by molar-refractivity contribution is 6.04. The summed E-state index contributed by atoms with van der Waals surface area (Å²) in [6.45, 7) is 2.18. The van der Waals surface area contributed by atoms with E-state index in [0.29, 0.717) is 11.3 Å². The maximum atomic E-state index is 12.7. The van der Waals surface area contributed by atoms with E-state index in [1.165, 1.54) is 12.1 Å². The molecule has 0 bridgehead atoms. The van der Waals surface area contributed by atoms with E-state index >= 15 is 0 Å². The summed E-state index contributed by atoms with van der Waals surface area (Å²) in [4.78, 5) is 36.3. The summed E-state index contributed by atoms with van der Waals surface area (Å²) >= 11 is 0. The molecule has 7 nitrogen and oxygen atoms in total. The molecular formula is C25H24N2O5. The fourth-order valence-corrected chi connectivity index (χ4v) is 2.95. The molecule has 0 aromatic heterocycles. The Morgan fingerprint density at radius 2 is 1.53 bits per heavy atom. The van der Waals surface area contributed by atoms with E-state index in [1.807, 2.05) is 42.5 Å². The number of anilines is 1. The van der Waals surface area contributed by atoms with Crippen molar-refractivity contribution < 1.29 is 23.9 Å². The standard InChI is InChI=1S/C25H24N2O5/c1-2-31-25(30)32-21-14-12-19(13-15-21)24(29)27-22-11-7-6-10-20(22)17-26-23(28)16-18-8-4-3-5-9-18/h3-15H,2,16-17H2,1H3,(H,26,28)(H,27,29). The van der Waals surface area contributed by atoms with E-state index in [2.05, 4.69) is 10.6 Å². The van der Waals surface area contributed by atoms with Crippen LogP contribution in [0, 0.1) is 0 Å². The number of benzene rings is 3. The van der Waals surface area contributed by atoms with E-state index in [9.17, 15) is 14.4 Å². The van der Waals surface area contributed by atoms with Crippen LogP contribution in [-0.2, 0) is 22.5 Å². The topological polar surface area (TPSA) is 93.7 Å². The lowest BCUT2D eigenvalue weighted by molar-refractivity contribution is -0.120. The first-order valence-corrected chi connectivity index (χ1v) is 10.2. The molecule has 0 heterocycles. The van der Waals surface area contributed by atoms with Crippen LogP contribution in [0.2, 0.25) is 0 Å². The summed E-state index contributed by atoms with van der Waals surface area (Å²) in [7, 11) is 0. The van der Waals surface area contributed by atoms with Crippen molar-refractivity contribution in [2.45, 2.75) is 19.9 Å². The third-order valence-electron chi connectivity index (χ3n) is 4.53. The van der Waals surface area contributed by atoms with Crippen molar-refractivity contribution in [2.75, 3.05) is 11.9 Å². The molecule has 0 saturated carbocycles. The zero-order valence-corrected chi connectivity index (χ0v) is 17.7. The Bertz CT molecular complexity index is 1070. The van der Waals surface area contributed by atoms with Crippen molar-refractivity contribution in [1.29, 1.82) is 0 Å². The molecule has 3 aromatic rings. The van der Waals surface area contributed by atoms with Gasteiger partial charge >= 0.3 is 6.16 Å². The first-order valence-electron chi connectivity index (χ1n) is 10.2. The fourth-order valence-electron chi connectivity index (χ4n) is 2.95. The zero-order chi connectivity index (χ0) is 22.8. The monoisotopic (exact) mass is 432 g/mol. The number of amides is 2. The smallest absolute Gasteiger partial charge is 0.434 e. The lowest BCUT2D eigenvalue weighted by Gasteiger charge is -2.12. The van der Waals surface area contributed by atoms with Crippen LogP contribution in [0.1, 0.15) is 28.4 Å². The summed E-state index contributed by atoms with van der Waals surface area (Å²) in [6.07, 6.45) is -0.511. The van der Waals surface area contributed by atoms with Crippen LogP contribution in [-0.4, -0.2) is 24.6 Å². The molecule has 0 spiro atoms. The van der Waals surface area contributed by atoms with Gasteiger partial charge in [-0.1, -0.05) is 48.5 Å². The highest BCUT2D eigenvalue weighted by atomic mass is 16.7. The van der Waals surface area contributed by atoms with Gasteiger partial charge in [0.15, 0.2) is 0 Å². The van der Waals surface area contributed by atoms with Gasteiger partial charge in [0.25, 0.3) is 5.91 Å². The maximum absolute atomic E-state index is 12.7.